The first kappa shape index (κ1) is 20.0. The van der Waals surface area contributed by atoms with E-state index in [4.69, 9.17) is 4.74 Å². The smallest absolute Gasteiger partial charge is 0.213 e. The van der Waals surface area contributed by atoms with E-state index in [2.05, 4.69) is 4.72 Å². The van der Waals surface area contributed by atoms with Crippen molar-refractivity contribution in [3.63, 3.8) is 0 Å². The van der Waals surface area contributed by atoms with Crippen LogP contribution in [0.2, 0.25) is 0 Å². The number of carbonyl (C=O) groups excluding carboxylic acids is 1. The molecule has 2 saturated carbocycles. The normalized spacial score (nSPS) is 32.8. The summed E-state index contributed by atoms with van der Waals surface area (Å²) in [7, 11) is -3.75. The molecule has 2 aliphatic carbocycles. The summed E-state index contributed by atoms with van der Waals surface area (Å²) in [5, 5.41) is 0. The molecule has 1 aromatic carbocycles. The highest BCUT2D eigenvalue weighted by Gasteiger charge is 2.65. The van der Waals surface area contributed by atoms with Crippen LogP contribution in [0.3, 0.4) is 0 Å². The molecule has 1 aromatic rings. The van der Waals surface area contributed by atoms with E-state index in [1.165, 1.54) is 12.1 Å². The second kappa shape index (κ2) is 6.89. The Bertz CT molecular complexity index is 861. The SMILES string of the molecule is CC1(C)C2CCC1(CS(=O)(=O)NC(c1ccc(F)cc1)C1CCCO1)C(=O)C2. The minimum atomic E-state index is -3.75. The molecule has 4 rings (SSSR count). The van der Waals surface area contributed by atoms with Crippen LogP contribution >= 0.6 is 0 Å². The number of halogens is 1. The Morgan fingerprint density at radius 1 is 1.25 bits per heavy atom. The second-order valence-corrected chi connectivity index (χ2v) is 10.9. The van der Waals surface area contributed by atoms with Crippen LogP contribution in [-0.4, -0.2) is 32.7 Å². The standard InChI is InChI=1S/C21H28FNO4S/c1-20(2)15-9-10-21(20,18(24)12-15)13-28(25,26)23-19(17-4-3-11-27-17)14-5-7-16(22)8-6-14/h5-8,15,17,19,23H,3-4,9-13H2,1-2H3. The monoisotopic (exact) mass is 409 g/mol. The Hall–Kier alpha value is -1.31. The second-order valence-electron chi connectivity index (χ2n) is 9.12. The van der Waals surface area contributed by atoms with E-state index in [-0.39, 0.29) is 34.8 Å². The van der Waals surface area contributed by atoms with Crippen molar-refractivity contribution in [3.8, 4) is 0 Å². The Balaban J connectivity index is 1.61. The highest BCUT2D eigenvalue weighted by Crippen LogP contribution is 2.64. The van der Waals surface area contributed by atoms with E-state index in [9.17, 15) is 17.6 Å². The van der Waals surface area contributed by atoms with Gasteiger partial charge in [-0.25, -0.2) is 17.5 Å². The molecule has 0 aromatic heterocycles. The van der Waals surface area contributed by atoms with Crippen LogP contribution in [-0.2, 0) is 19.6 Å². The fraction of sp³-hybridized carbons (Fsp3) is 0.667. The number of rotatable bonds is 6. The molecule has 4 unspecified atom stereocenters. The first-order chi connectivity index (χ1) is 13.1. The highest BCUT2D eigenvalue weighted by atomic mass is 32.2. The zero-order chi connectivity index (χ0) is 20.2. The quantitative estimate of drug-likeness (QED) is 0.782. The summed E-state index contributed by atoms with van der Waals surface area (Å²) in [5.74, 6) is -0.213. The van der Waals surface area contributed by atoms with Gasteiger partial charge in [0.1, 0.15) is 11.6 Å². The average Bonchev–Trinajstić information content (AvgIpc) is 3.27. The Kier molecular flexibility index (Phi) is 4.91. The Morgan fingerprint density at radius 2 is 1.96 bits per heavy atom. The summed E-state index contributed by atoms with van der Waals surface area (Å²) in [6.45, 7) is 4.65. The van der Waals surface area contributed by atoms with Gasteiger partial charge in [-0.05, 0) is 54.7 Å². The molecule has 0 spiro atoms. The first-order valence-corrected chi connectivity index (χ1v) is 11.7. The molecule has 28 heavy (non-hydrogen) atoms. The largest absolute Gasteiger partial charge is 0.376 e. The number of ketones is 1. The molecule has 7 heteroatoms. The summed E-state index contributed by atoms with van der Waals surface area (Å²) in [5.41, 5.74) is -0.447. The molecular weight excluding hydrogens is 381 g/mol. The van der Waals surface area contributed by atoms with Gasteiger partial charge in [-0.3, -0.25) is 4.79 Å². The van der Waals surface area contributed by atoms with Crippen LogP contribution in [0.4, 0.5) is 4.39 Å². The molecule has 1 saturated heterocycles. The van der Waals surface area contributed by atoms with E-state index in [1.807, 2.05) is 13.8 Å². The number of nitrogens with one attached hydrogen (secondary N) is 1. The van der Waals surface area contributed by atoms with E-state index in [0.717, 1.165) is 19.3 Å². The molecule has 154 valence electrons. The van der Waals surface area contributed by atoms with E-state index in [0.29, 0.717) is 25.0 Å². The minimum absolute atomic E-state index is 0.0783. The number of Topliss-reactive ketones (excluding diaryl/α,β-unsaturated/α-hetero) is 1. The summed E-state index contributed by atoms with van der Waals surface area (Å²) >= 11 is 0. The van der Waals surface area contributed by atoms with Crippen molar-refractivity contribution < 1.29 is 22.3 Å². The van der Waals surface area contributed by atoms with Crippen LogP contribution < -0.4 is 4.72 Å². The molecule has 5 nitrogen and oxygen atoms in total. The maximum absolute atomic E-state index is 13.4. The van der Waals surface area contributed by atoms with Gasteiger partial charge >= 0.3 is 0 Å². The van der Waals surface area contributed by atoms with E-state index < -0.39 is 21.5 Å². The average molecular weight is 410 g/mol. The van der Waals surface area contributed by atoms with Crippen LogP contribution in [0.5, 0.6) is 0 Å². The molecule has 0 radical (unpaired) electrons. The molecule has 1 aliphatic heterocycles. The van der Waals surface area contributed by atoms with Crippen LogP contribution in [0.15, 0.2) is 24.3 Å². The molecule has 4 atom stereocenters. The maximum Gasteiger partial charge on any atom is 0.213 e. The van der Waals surface area contributed by atoms with Crippen LogP contribution in [0, 0.1) is 22.6 Å². The van der Waals surface area contributed by atoms with Gasteiger partial charge in [0, 0.05) is 18.4 Å². The summed E-state index contributed by atoms with van der Waals surface area (Å²) in [4.78, 5) is 12.7. The summed E-state index contributed by atoms with van der Waals surface area (Å²) in [6, 6.07) is 5.27. The molecule has 1 N–H and O–H groups in total. The van der Waals surface area contributed by atoms with E-state index in [1.54, 1.807) is 12.1 Å². The molecule has 3 fully saturated rings. The van der Waals surface area contributed by atoms with Crippen molar-refractivity contribution in [1.29, 1.82) is 0 Å². The van der Waals surface area contributed by atoms with Gasteiger partial charge in [-0.2, -0.15) is 0 Å². The number of benzene rings is 1. The van der Waals surface area contributed by atoms with Gasteiger partial charge in [0.25, 0.3) is 0 Å². The number of carbonyl (C=O) groups is 1. The third-order valence-electron chi connectivity index (χ3n) is 7.45. The molecule has 2 bridgehead atoms. The van der Waals surface area contributed by atoms with Crippen LogP contribution in [0.1, 0.15) is 57.6 Å². The van der Waals surface area contributed by atoms with Crippen LogP contribution in [0.25, 0.3) is 0 Å². The predicted molar refractivity (Wildman–Crippen MR) is 104 cm³/mol. The lowest BCUT2D eigenvalue weighted by Gasteiger charge is -2.37. The molecule has 3 aliphatic rings. The molecular formula is C21H28FNO4S. The van der Waals surface area contributed by atoms with Gasteiger partial charge < -0.3 is 4.74 Å². The first-order valence-electron chi connectivity index (χ1n) is 10.0. The van der Waals surface area contributed by atoms with Crippen molar-refractivity contribution in [1.82, 2.24) is 4.72 Å². The van der Waals surface area contributed by atoms with Crippen molar-refractivity contribution in [3.05, 3.63) is 35.6 Å². The number of sulfonamides is 1. The number of fused-ring (bicyclic) bond motifs is 2. The number of ether oxygens (including phenoxy) is 1. The third-order valence-corrected chi connectivity index (χ3v) is 8.93. The summed E-state index contributed by atoms with van der Waals surface area (Å²) in [6.07, 6.45) is 3.33. The topological polar surface area (TPSA) is 72.5 Å². The maximum atomic E-state index is 13.4. The lowest BCUT2D eigenvalue weighted by molar-refractivity contribution is -0.128. The Labute approximate surface area is 166 Å². The van der Waals surface area contributed by atoms with Gasteiger partial charge in [0.15, 0.2) is 0 Å². The summed E-state index contributed by atoms with van der Waals surface area (Å²) < 4.78 is 48.3. The van der Waals surface area contributed by atoms with E-state index >= 15 is 0 Å². The molecule has 1 heterocycles. The van der Waals surface area contributed by atoms with Crippen molar-refractivity contribution >= 4 is 15.8 Å². The highest BCUT2D eigenvalue weighted by molar-refractivity contribution is 7.89. The lowest BCUT2D eigenvalue weighted by Crippen LogP contribution is -2.47. The fourth-order valence-corrected chi connectivity index (χ4v) is 7.65. The lowest BCUT2D eigenvalue weighted by atomic mass is 9.70. The zero-order valence-electron chi connectivity index (χ0n) is 16.4. The van der Waals surface area contributed by atoms with Gasteiger partial charge in [-0.1, -0.05) is 26.0 Å². The van der Waals surface area contributed by atoms with Crippen molar-refractivity contribution in [2.24, 2.45) is 16.7 Å². The van der Waals surface area contributed by atoms with Crippen molar-refractivity contribution in [2.75, 3.05) is 12.4 Å². The van der Waals surface area contributed by atoms with Crippen molar-refractivity contribution in [2.45, 2.75) is 58.1 Å². The third kappa shape index (κ3) is 3.21. The zero-order valence-corrected chi connectivity index (χ0v) is 17.2. The van der Waals surface area contributed by atoms with Gasteiger partial charge in [-0.15, -0.1) is 0 Å². The number of hydrogen-bond donors (Lipinski definition) is 1. The fourth-order valence-electron chi connectivity index (χ4n) is 5.56. The minimum Gasteiger partial charge on any atom is -0.376 e. The number of hydrogen-bond acceptors (Lipinski definition) is 4. The predicted octanol–water partition coefficient (Wildman–Crippen LogP) is 3.36. The molecule has 0 amide bonds. The Morgan fingerprint density at radius 3 is 2.50 bits per heavy atom. The van der Waals surface area contributed by atoms with Gasteiger partial charge in [0.05, 0.1) is 17.9 Å². The van der Waals surface area contributed by atoms with Gasteiger partial charge in [0.2, 0.25) is 10.0 Å².